The molecular formula is C14H21NO2. The molecule has 0 radical (unpaired) electrons. The summed E-state index contributed by atoms with van der Waals surface area (Å²) in [6, 6.07) is 10.2. The monoisotopic (exact) mass is 235 g/mol. The summed E-state index contributed by atoms with van der Waals surface area (Å²) >= 11 is 0. The first kappa shape index (κ1) is 12.4. The van der Waals surface area contributed by atoms with Crippen LogP contribution in [-0.4, -0.2) is 30.4 Å². The maximum atomic E-state index is 9.76. The third kappa shape index (κ3) is 4.02. The van der Waals surface area contributed by atoms with Crippen molar-refractivity contribution < 1.29 is 9.84 Å². The van der Waals surface area contributed by atoms with E-state index in [0.29, 0.717) is 19.2 Å². The standard InChI is InChI=1S/C14H21NO2/c1-11-7-12(8-11)15-9-13(16)10-17-14-5-3-2-4-6-14/h2-6,11-13,15-16H,7-10H2,1H3. The number of nitrogens with one attached hydrogen (secondary N) is 1. The van der Waals surface area contributed by atoms with Crippen LogP contribution in [0, 0.1) is 5.92 Å². The molecule has 2 N–H and O–H groups in total. The van der Waals surface area contributed by atoms with Gasteiger partial charge in [-0.25, -0.2) is 0 Å². The van der Waals surface area contributed by atoms with Crippen molar-refractivity contribution in [1.29, 1.82) is 0 Å². The summed E-state index contributed by atoms with van der Waals surface area (Å²) in [7, 11) is 0. The molecule has 3 heteroatoms. The summed E-state index contributed by atoms with van der Waals surface area (Å²) < 4.78 is 5.48. The predicted octanol–water partition coefficient (Wildman–Crippen LogP) is 1.81. The number of ether oxygens (including phenoxy) is 1. The van der Waals surface area contributed by atoms with Crippen molar-refractivity contribution in [3.63, 3.8) is 0 Å². The number of hydrogen-bond donors (Lipinski definition) is 2. The Bertz CT molecular complexity index is 322. The lowest BCUT2D eigenvalue weighted by atomic mass is 9.82. The first-order valence-electron chi connectivity index (χ1n) is 6.33. The Morgan fingerprint density at radius 2 is 2.06 bits per heavy atom. The first-order chi connectivity index (χ1) is 8.24. The molecule has 0 bridgehead atoms. The van der Waals surface area contributed by atoms with Gasteiger partial charge in [0.25, 0.3) is 0 Å². The molecule has 0 amide bonds. The third-order valence-electron chi connectivity index (χ3n) is 3.20. The van der Waals surface area contributed by atoms with Crippen LogP contribution in [0.2, 0.25) is 0 Å². The highest BCUT2D eigenvalue weighted by Gasteiger charge is 2.25. The lowest BCUT2D eigenvalue weighted by Gasteiger charge is -2.34. The van der Waals surface area contributed by atoms with Gasteiger partial charge < -0.3 is 15.2 Å². The van der Waals surface area contributed by atoms with Crippen LogP contribution in [0.5, 0.6) is 5.75 Å². The molecule has 1 aliphatic carbocycles. The van der Waals surface area contributed by atoms with E-state index in [1.54, 1.807) is 0 Å². The van der Waals surface area contributed by atoms with Crippen molar-refractivity contribution >= 4 is 0 Å². The van der Waals surface area contributed by atoms with Crippen molar-refractivity contribution in [1.82, 2.24) is 5.32 Å². The SMILES string of the molecule is CC1CC(NCC(O)COc2ccccc2)C1. The minimum absolute atomic E-state index is 0.347. The Morgan fingerprint density at radius 1 is 1.35 bits per heavy atom. The highest BCUT2D eigenvalue weighted by Crippen LogP contribution is 2.25. The Kier molecular flexibility index (Phi) is 4.40. The molecule has 0 aliphatic heterocycles. The summed E-state index contributed by atoms with van der Waals surface area (Å²) in [5, 5.41) is 13.1. The van der Waals surface area contributed by atoms with E-state index < -0.39 is 6.10 Å². The van der Waals surface area contributed by atoms with Gasteiger partial charge in [-0.1, -0.05) is 25.1 Å². The van der Waals surface area contributed by atoms with Crippen LogP contribution in [-0.2, 0) is 0 Å². The zero-order valence-electron chi connectivity index (χ0n) is 10.3. The van der Waals surface area contributed by atoms with Gasteiger partial charge in [0.2, 0.25) is 0 Å². The normalized spacial score (nSPS) is 25.1. The molecule has 1 aromatic rings. The van der Waals surface area contributed by atoms with Crippen LogP contribution in [0.25, 0.3) is 0 Å². The number of benzene rings is 1. The predicted molar refractivity (Wildman–Crippen MR) is 68.1 cm³/mol. The molecule has 1 aliphatic rings. The molecule has 0 saturated heterocycles. The zero-order valence-corrected chi connectivity index (χ0v) is 10.3. The van der Waals surface area contributed by atoms with E-state index in [4.69, 9.17) is 4.74 Å². The molecule has 94 valence electrons. The summed E-state index contributed by atoms with van der Waals surface area (Å²) in [6.07, 6.45) is 2.02. The minimum atomic E-state index is -0.439. The molecule has 1 atom stereocenters. The summed E-state index contributed by atoms with van der Waals surface area (Å²) in [5.74, 6) is 1.65. The van der Waals surface area contributed by atoms with E-state index in [0.717, 1.165) is 11.7 Å². The fourth-order valence-electron chi connectivity index (χ4n) is 2.14. The Balaban J connectivity index is 1.59. The van der Waals surface area contributed by atoms with Crippen molar-refractivity contribution in [2.24, 2.45) is 5.92 Å². The van der Waals surface area contributed by atoms with Crippen LogP contribution < -0.4 is 10.1 Å². The van der Waals surface area contributed by atoms with Gasteiger partial charge in [0.05, 0.1) is 0 Å². The Labute approximate surface area is 103 Å². The highest BCUT2D eigenvalue weighted by molar-refractivity contribution is 5.20. The van der Waals surface area contributed by atoms with E-state index >= 15 is 0 Å². The van der Waals surface area contributed by atoms with Gasteiger partial charge in [0, 0.05) is 12.6 Å². The van der Waals surface area contributed by atoms with Crippen LogP contribution in [0.15, 0.2) is 30.3 Å². The van der Waals surface area contributed by atoms with Crippen molar-refractivity contribution in [2.45, 2.75) is 31.9 Å². The molecule has 0 heterocycles. The van der Waals surface area contributed by atoms with Gasteiger partial charge in [0.1, 0.15) is 18.5 Å². The first-order valence-corrected chi connectivity index (χ1v) is 6.33. The van der Waals surface area contributed by atoms with Gasteiger partial charge >= 0.3 is 0 Å². The summed E-state index contributed by atoms with van der Waals surface area (Å²) in [4.78, 5) is 0. The van der Waals surface area contributed by atoms with E-state index in [2.05, 4.69) is 12.2 Å². The average molecular weight is 235 g/mol. The van der Waals surface area contributed by atoms with Gasteiger partial charge in [-0.15, -0.1) is 0 Å². The van der Waals surface area contributed by atoms with E-state index in [-0.39, 0.29) is 0 Å². The molecule has 1 unspecified atom stereocenters. The van der Waals surface area contributed by atoms with Gasteiger partial charge in [-0.05, 0) is 30.9 Å². The number of hydrogen-bond acceptors (Lipinski definition) is 3. The topological polar surface area (TPSA) is 41.5 Å². The number of rotatable bonds is 6. The molecule has 1 aromatic carbocycles. The zero-order chi connectivity index (χ0) is 12.1. The number of para-hydroxylation sites is 1. The minimum Gasteiger partial charge on any atom is -0.491 e. The van der Waals surface area contributed by atoms with Crippen LogP contribution in [0.3, 0.4) is 0 Å². The van der Waals surface area contributed by atoms with Crippen molar-refractivity contribution in [2.75, 3.05) is 13.2 Å². The average Bonchev–Trinajstić information content (AvgIpc) is 2.32. The second-order valence-corrected chi connectivity index (χ2v) is 4.96. The summed E-state index contributed by atoms with van der Waals surface area (Å²) in [6.45, 7) is 3.22. The maximum absolute atomic E-state index is 9.76. The van der Waals surface area contributed by atoms with E-state index in [9.17, 15) is 5.11 Å². The second kappa shape index (κ2) is 6.03. The molecule has 2 rings (SSSR count). The maximum Gasteiger partial charge on any atom is 0.119 e. The lowest BCUT2D eigenvalue weighted by Crippen LogP contribution is -2.44. The van der Waals surface area contributed by atoms with Crippen molar-refractivity contribution in [3.8, 4) is 5.75 Å². The fraction of sp³-hybridized carbons (Fsp3) is 0.571. The van der Waals surface area contributed by atoms with Gasteiger partial charge in [-0.2, -0.15) is 0 Å². The highest BCUT2D eigenvalue weighted by atomic mass is 16.5. The lowest BCUT2D eigenvalue weighted by molar-refractivity contribution is 0.0955. The Hall–Kier alpha value is -1.06. The van der Waals surface area contributed by atoms with E-state index in [1.165, 1.54) is 12.8 Å². The smallest absolute Gasteiger partial charge is 0.119 e. The molecule has 1 fully saturated rings. The molecule has 17 heavy (non-hydrogen) atoms. The quantitative estimate of drug-likeness (QED) is 0.790. The fourth-order valence-corrected chi connectivity index (χ4v) is 2.14. The van der Waals surface area contributed by atoms with Crippen molar-refractivity contribution in [3.05, 3.63) is 30.3 Å². The Morgan fingerprint density at radius 3 is 2.71 bits per heavy atom. The molecule has 3 nitrogen and oxygen atoms in total. The molecule has 0 spiro atoms. The number of aliphatic hydroxyl groups is 1. The second-order valence-electron chi connectivity index (χ2n) is 4.96. The molecule has 0 aromatic heterocycles. The number of aliphatic hydroxyl groups excluding tert-OH is 1. The van der Waals surface area contributed by atoms with Crippen LogP contribution in [0.1, 0.15) is 19.8 Å². The van der Waals surface area contributed by atoms with Gasteiger partial charge in [0.15, 0.2) is 0 Å². The molecule has 1 saturated carbocycles. The van der Waals surface area contributed by atoms with Gasteiger partial charge in [-0.3, -0.25) is 0 Å². The largest absolute Gasteiger partial charge is 0.491 e. The molecular weight excluding hydrogens is 214 g/mol. The van der Waals surface area contributed by atoms with Crippen LogP contribution >= 0.6 is 0 Å². The summed E-state index contributed by atoms with van der Waals surface area (Å²) in [5.41, 5.74) is 0. The van der Waals surface area contributed by atoms with E-state index in [1.807, 2.05) is 30.3 Å². The van der Waals surface area contributed by atoms with Crippen LogP contribution in [0.4, 0.5) is 0 Å². The third-order valence-corrected chi connectivity index (χ3v) is 3.20.